The molecule has 0 amide bonds. The van der Waals surface area contributed by atoms with Crippen LogP contribution < -0.4 is 10.5 Å². The van der Waals surface area contributed by atoms with Gasteiger partial charge in [0.25, 0.3) is 0 Å². The van der Waals surface area contributed by atoms with E-state index in [9.17, 15) is 4.39 Å². The zero-order valence-electron chi connectivity index (χ0n) is 8.28. The summed E-state index contributed by atoms with van der Waals surface area (Å²) < 4.78 is 18.9. The largest absolute Gasteiger partial charge is 0.457 e. The predicted octanol–water partition coefficient (Wildman–Crippen LogP) is 3.96. The van der Waals surface area contributed by atoms with Gasteiger partial charge in [0.15, 0.2) is 0 Å². The Morgan fingerprint density at radius 3 is 2.50 bits per heavy atom. The third-order valence-corrected chi connectivity index (χ3v) is 2.59. The summed E-state index contributed by atoms with van der Waals surface area (Å²) in [4.78, 5) is 0. The van der Waals surface area contributed by atoms with E-state index in [-0.39, 0.29) is 5.82 Å². The first-order valence-electron chi connectivity index (χ1n) is 4.63. The maximum Gasteiger partial charge on any atom is 0.137 e. The topological polar surface area (TPSA) is 35.2 Å². The molecule has 4 heteroatoms. The smallest absolute Gasteiger partial charge is 0.137 e. The molecule has 0 aliphatic carbocycles. The summed E-state index contributed by atoms with van der Waals surface area (Å²) in [5, 5.41) is 0. The molecule has 0 aliphatic heterocycles. The van der Waals surface area contributed by atoms with Crippen LogP contribution in [0.25, 0.3) is 0 Å². The molecular formula is C12H9BrFNO. The lowest BCUT2D eigenvalue weighted by atomic mass is 10.3. The van der Waals surface area contributed by atoms with Crippen molar-refractivity contribution in [1.82, 2.24) is 0 Å². The van der Waals surface area contributed by atoms with Crippen molar-refractivity contribution in [2.75, 3.05) is 5.73 Å². The van der Waals surface area contributed by atoms with Crippen LogP contribution >= 0.6 is 15.9 Å². The van der Waals surface area contributed by atoms with Crippen molar-refractivity contribution in [3.8, 4) is 11.5 Å². The number of hydrogen-bond acceptors (Lipinski definition) is 2. The summed E-state index contributed by atoms with van der Waals surface area (Å²) in [5.74, 6) is 0.859. The first-order chi connectivity index (χ1) is 7.65. The van der Waals surface area contributed by atoms with Crippen LogP contribution in [-0.4, -0.2) is 0 Å². The number of hydrogen-bond donors (Lipinski definition) is 1. The second-order valence-corrected chi connectivity index (χ2v) is 4.10. The third kappa shape index (κ3) is 2.52. The van der Waals surface area contributed by atoms with E-state index >= 15 is 0 Å². The number of anilines is 1. The molecule has 0 atom stereocenters. The standard InChI is InChI=1S/C12H9BrFNO/c13-11-7-10(4-5-12(11)14)16-9-3-1-2-8(15)6-9/h1-7H,15H2. The zero-order valence-corrected chi connectivity index (χ0v) is 9.87. The monoisotopic (exact) mass is 281 g/mol. The minimum absolute atomic E-state index is 0.320. The van der Waals surface area contributed by atoms with Crippen LogP contribution in [-0.2, 0) is 0 Å². The SMILES string of the molecule is Nc1cccc(Oc2ccc(F)c(Br)c2)c1. The predicted molar refractivity (Wildman–Crippen MR) is 65.0 cm³/mol. The molecule has 2 nitrogen and oxygen atoms in total. The number of benzene rings is 2. The van der Waals surface area contributed by atoms with Gasteiger partial charge in [-0.1, -0.05) is 6.07 Å². The molecule has 2 aromatic carbocycles. The molecular weight excluding hydrogens is 273 g/mol. The molecule has 2 aromatic rings. The fourth-order valence-corrected chi connectivity index (χ4v) is 1.61. The summed E-state index contributed by atoms with van der Waals surface area (Å²) in [5.41, 5.74) is 6.24. The molecule has 0 aromatic heterocycles. The van der Waals surface area contributed by atoms with Crippen LogP contribution in [0.2, 0.25) is 0 Å². The summed E-state index contributed by atoms with van der Waals surface area (Å²) in [7, 11) is 0. The summed E-state index contributed by atoms with van der Waals surface area (Å²) in [6.07, 6.45) is 0. The van der Waals surface area contributed by atoms with Gasteiger partial charge >= 0.3 is 0 Å². The highest BCUT2D eigenvalue weighted by Gasteiger charge is 2.02. The minimum Gasteiger partial charge on any atom is -0.457 e. The molecule has 0 saturated heterocycles. The van der Waals surface area contributed by atoms with E-state index in [1.54, 1.807) is 36.4 Å². The van der Waals surface area contributed by atoms with Crippen molar-refractivity contribution in [2.45, 2.75) is 0 Å². The van der Waals surface area contributed by atoms with Crippen LogP contribution in [0.5, 0.6) is 11.5 Å². The highest BCUT2D eigenvalue weighted by atomic mass is 79.9. The van der Waals surface area contributed by atoms with Crippen molar-refractivity contribution >= 4 is 21.6 Å². The Morgan fingerprint density at radius 1 is 1.06 bits per heavy atom. The molecule has 16 heavy (non-hydrogen) atoms. The van der Waals surface area contributed by atoms with E-state index in [0.29, 0.717) is 21.7 Å². The molecule has 82 valence electrons. The highest BCUT2D eigenvalue weighted by molar-refractivity contribution is 9.10. The first kappa shape index (κ1) is 11.0. The van der Waals surface area contributed by atoms with Crippen molar-refractivity contribution < 1.29 is 9.13 Å². The van der Waals surface area contributed by atoms with Crippen molar-refractivity contribution in [2.24, 2.45) is 0 Å². The van der Waals surface area contributed by atoms with Gasteiger partial charge in [0.1, 0.15) is 17.3 Å². The fraction of sp³-hybridized carbons (Fsp3) is 0. The molecule has 0 saturated carbocycles. The van der Waals surface area contributed by atoms with Crippen LogP contribution in [0, 0.1) is 5.82 Å². The second kappa shape index (κ2) is 4.53. The lowest BCUT2D eigenvalue weighted by Crippen LogP contribution is -1.88. The van der Waals surface area contributed by atoms with Gasteiger partial charge in [0, 0.05) is 11.8 Å². The maximum absolute atomic E-state index is 13.0. The number of nitrogen functional groups attached to an aromatic ring is 1. The second-order valence-electron chi connectivity index (χ2n) is 3.25. The summed E-state index contributed by atoms with van der Waals surface area (Å²) in [6, 6.07) is 11.5. The van der Waals surface area contributed by atoms with E-state index in [4.69, 9.17) is 10.5 Å². The number of rotatable bonds is 2. The Labute approximate surface area is 101 Å². The van der Waals surface area contributed by atoms with Gasteiger partial charge in [0.2, 0.25) is 0 Å². The molecule has 0 aliphatic rings. The number of ether oxygens (including phenoxy) is 1. The summed E-state index contributed by atoms with van der Waals surface area (Å²) >= 11 is 3.09. The molecule has 0 spiro atoms. The lowest BCUT2D eigenvalue weighted by molar-refractivity contribution is 0.480. The van der Waals surface area contributed by atoms with E-state index in [0.717, 1.165) is 0 Å². The molecule has 0 unspecified atom stereocenters. The highest BCUT2D eigenvalue weighted by Crippen LogP contribution is 2.27. The van der Waals surface area contributed by atoms with Gasteiger partial charge in [-0.15, -0.1) is 0 Å². The minimum atomic E-state index is -0.320. The molecule has 2 rings (SSSR count). The quantitative estimate of drug-likeness (QED) is 0.846. The Bertz CT molecular complexity index is 516. The third-order valence-electron chi connectivity index (χ3n) is 1.98. The van der Waals surface area contributed by atoms with E-state index in [1.807, 2.05) is 0 Å². The average molecular weight is 282 g/mol. The number of nitrogens with two attached hydrogens (primary N) is 1. The summed E-state index contributed by atoms with van der Waals surface area (Å²) in [6.45, 7) is 0. The lowest BCUT2D eigenvalue weighted by Gasteiger charge is -2.06. The Morgan fingerprint density at radius 2 is 1.81 bits per heavy atom. The zero-order chi connectivity index (χ0) is 11.5. The van der Waals surface area contributed by atoms with Crippen LogP contribution in [0.1, 0.15) is 0 Å². The van der Waals surface area contributed by atoms with Gasteiger partial charge < -0.3 is 10.5 Å². The van der Waals surface area contributed by atoms with Gasteiger partial charge in [-0.25, -0.2) is 4.39 Å². The van der Waals surface area contributed by atoms with Crippen molar-refractivity contribution in [3.63, 3.8) is 0 Å². The van der Waals surface area contributed by atoms with E-state index in [1.165, 1.54) is 6.07 Å². The molecule has 2 N–H and O–H groups in total. The molecule has 0 fully saturated rings. The maximum atomic E-state index is 13.0. The van der Waals surface area contributed by atoms with Gasteiger partial charge in [-0.2, -0.15) is 0 Å². The van der Waals surface area contributed by atoms with Crippen molar-refractivity contribution in [3.05, 3.63) is 52.8 Å². The molecule has 0 heterocycles. The number of halogens is 2. The molecule has 0 bridgehead atoms. The molecule has 0 radical (unpaired) electrons. The van der Waals surface area contributed by atoms with Gasteiger partial charge in [-0.05, 0) is 46.3 Å². The van der Waals surface area contributed by atoms with Crippen LogP contribution in [0.4, 0.5) is 10.1 Å². The van der Waals surface area contributed by atoms with E-state index in [2.05, 4.69) is 15.9 Å². The Hall–Kier alpha value is -1.55. The Kier molecular flexibility index (Phi) is 3.10. The van der Waals surface area contributed by atoms with E-state index < -0.39 is 0 Å². The van der Waals surface area contributed by atoms with Gasteiger partial charge in [0.05, 0.1) is 4.47 Å². The normalized spacial score (nSPS) is 10.1. The van der Waals surface area contributed by atoms with Crippen LogP contribution in [0.15, 0.2) is 46.9 Å². The average Bonchev–Trinajstić information content (AvgIpc) is 2.24. The first-order valence-corrected chi connectivity index (χ1v) is 5.43. The van der Waals surface area contributed by atoms with Crippen LogP contribution in [0.3, 0.4) is 0 Å². The van der Waals surface area contributed by atoms with Gasteiger partial charge in [-0.3, -0.25) is 0 Å². The fourth-order valence-electron chi connectivity index (χ4n) is 1.25. The van der Waals surface area contributed by atoms with Crippen molar-refractivity contribution in [1.29, 1.82) is 0 Å². The Balaban J connectivity index is 2.24.